The molecule has 2 aliphatic carbocycles. The van der Waals surface area contributed by atoms with Gasteiger partial charge in [-0.3, -0.25) is 4.79 Å². The number of anilines is 1. The lowest BCUT2D eigenvalue weighted by atomic mass is 10.1. The summed E-state index contributed by atoms with van der Waals surface area (Å²) in [5.74, 6) is 0.258. The van der Waals surface area contributed by atoms with E-state index < -0.39 is 5.97 Å². The predicted molar refractivity (Wildman–Crippen MR) is 83.5 cm³/mol. The van der Waals surface area contributed by atoms with Crippen LogP contribution in [-0.4, -0.2) is 26.8 Å². The third-order valence-corrected chi connectivity index (χ3v) is 4.93. The summed E-state index contributed by atoms with van der Waals surface area (Å²) < 4.78 is 1.48. The first-order chi connectivity index (χ1) is 11.1. The van der Waals surface area contributed by atoms with Crippen LogP contribution >= 0.6 is 0 Å². The van der Waals surface area contributed by atoms with Gasteiger partial charge in [0, 0.05) is 12.1 Å². The van der Waals surface area contributed by atoms with Crippen LogP contribution in [0.3, 0.4) is 0 Å². The topological polar surface area (TPSA) is 84.2 Å². The fourth-order valence-electron chi connectivity index (χ4n) is 3.78. The molecule has 6 nitrogen and oxygen atoms in total. The minimum Gasteiger partial charge on any atom is -0.476 e. The highest BCUT2D eigenvalue weighted by Crippen LogP contribution is 2.57. The van der Waals surface area contributed by atoms with Gasteiger partial charge in [0.15, 0.2) is 5.69 Å². The zero-order chi connectivity index (χ0) is 16.0. The highest BCUT2D eigenvalue weighted by Gasteiger charge is 2.56. The monoisotopic (exact) mass is 311 g/mol. The van der Waals surface area contributed by atoms with Crippen molar-refractivity contribution in [2.45, 2.75) is 19.3 Å². The van der Waals surface area contributed by atoms with Crippen molar-refractivity contribution in [2.24, 2.45) is 17.8 Å². The van der Waals surface area contributed by atoms with Crippen molar-refractivity contribution in [3.63, 3.8) is 0 Å². The lowest BCUT2D eigenvalue weighted by Gasteiger charge is -2.11. The van der Waals surface area contributed by atoms with E-state index in [0.717, 1.165) is 12.8 Å². The zero-order valence-corrected chi connectivity index (χ0v) is 12.5. The third-order valence-electron chi connectivity index (χ3n) is 4.93. The number of carboxylic acid groups (broad SMARTS) is 1. The highest BCUT2D eigenvalue weighted by atomic mass is 16.4. The smallest absolute Gasteiger partial charge is 0.356 e. The molecule has 0 aliphatic heterocycles. The van der Waals surface area contributed by atoms with Crippen LogP contribution in [0.5, 0.6) is 0 Å². The highest BCUT2D eigenvalue weighted by molar-refractivity contribution is 5.96. The molecule has 1 aromatic carbocycles. The molecule has 118 valence electrons. The average Bonchev–Trinajstić information content (AvgIpc) is 2.95. The molecule has 2 unspecified atom stereocenters. The van der Waals surface area contributed by atoms with Gasteiger partial charge in [0.2, 0.25) is 5.91 Å². The van der Waals surface area contributed by atoms with Gasteiger partial charge in [-0.05, 0) is 42.9 Å². The van der Waals surface area contributed by atoms with E-state index in [1.54, 1.807) is 6.20 Å². The zero-order valence-electron chi connectivity index (χ0n) is 12.5. The summed E-state index contributed by atoms with van der Waals surface area (Å²) in [7, 11) is 0. The van der Waals surface area contributed by atoms with Gasteiger partial charge >= 0.3 is 5.97 Å². The molecule has 4 rings (SSSR count). The van der Waals surface area contributed by atoms with Crippen molar-refractivity contribution < 1.29 is 14.7 Å². The molecule has 23 heavy (non-hydrogen) atoms. The summed E-state index contributed by atoms with van der Waals surface area (Å²) in [6, 6.07) is 8.73. The molecule has 0 radical (unpaired) electrons. The Hall–Kier alpha value is -2.63. The van der Waals surface area contributed by atoms with Crippen LogP contribution < -0.4 is 5.32 Å². The maximum absolute atomic E-state index is 12.5. The third kappa shape index (κ3) is 2.40. The Morgan fingerprint density at radius 1 is 1.17 bits per heavy atom. The van der Waals surface area contributed by atoms with E-state index in [1.807, 2.05) is 24.3 Å². The van der Waals surface area contributed by atoms with Crippen molar-refractivity contribution in [3.8, 4) is 5.69 Å². The second kappa shape index (κ2) is 5.22. The Labute approximate surface area is 133 Å². The first kappa shape index (κ1) is 14.0. The van der Waals surface area contributed by atoms with Gasteiger partial charge in [-0.2, -0.15) is 5.10 Å². The molecule has 2 saturated carbocycles. The number of fused-ring (bicyclic) bond motifs is 1. The summed E-state index contributed by atoms with van der Waals surface area (Å²) in [6.07, 6.45) is 5.14. The van der Waals surface area contributed by atoms with Crippen molar-refractivity contribution in [2.75, 3.05) is 5.32 Å². The van der Waals surface area contributed by atoms with Gasteiger partial charge in [0.25, 0.3) is 0 Å². The minimum absolute atomic E-state index is 0.0251. The molecule has 2 atom stereocenters. The second-order valence-electron chi connectivity index (χ2n) is 6.24. The van der Waals surface area contributed by atoms with E-state index in [9.17, 15) is 9.59 Å². The molecule has 1 aromatic heterocycles. The normalized spacial score (nSPS) is 25.0. The van der Waals surface area contributed by atoms with Crippen LogP contribution in [0, 0.1) is 17.8 Å². The van der Waals surface area contributed by atoms with Gasteiger partial charge in [-0.25, -0.2) is 9.48 Å². The van der Waals surface area contributed by atoms with E-state index >= 15 is 0 Å². The molecule has 0 spiro atoms. The van der Waals surface area contributed by atoms with Gasteiger partial charge in [0.1, 0.15) is 0 Å². The van der Waals surface area contributed by atoms with Crippen LogP contribution in [0.25, 0.3) is 5.69 Å². The van der Waals surface area contributed by atoms with E-state index in [4.69, 9.17) is 5.11 Å². The van der Waals surface area contributed by atoms with Gasteiger partial charge in [-0.15, -0.1) is 0 Å². The van der Waals surface area contributed by atoms with E-state index in [2.05, 4.69) is 10.4 Å². The first-order valence-corrected chi connectivity index (χ1v) is 7.84. The van der Waals surface area contributed by atoms with Crippen molar-refractivity contribution in [1.29, 1.82) is 0 Å². The Bertz CT molecular complexity index is 773. The Morgan fingerprint density at radius 2 is 1.91 bits per heavy atom. The molecular formula is C17H17N3O3. The number of carbonyl (C=O) groups is 2. The Morgan fingerprint density at radius 3 is 2.61 bits per heavy atom. The van der Waals surface area contributed by atoms with Gasteiger partial charge < -0.3 is 10.4 Å². The lowest BCUT2D eigenvalue weighted by molar-refractivity contribution is -0.118. The summed E-state index contributed by atoms with van der Waals surface area (Å²) in [5, 5.41) is 16.0. The van der Waals surface area contributed by atoms with Crippen LogP contribution in [0.4, 0.5) is 5.69 Å². The predicted octanol–water partition coefficient (Wildman–Crippen LogP) is 2.56. The number of rotatable bonds is 4. The number of nitrogens with one attached hydrogen (secondary N) is 1. The molecule has 0 saturated heterocycles. The van der Waals surface area contributed by atoms with E-state index in [1.165, 1.54) is 17.2 Å². The number of para-hydroxylation sites is 2. The number of carbonyl (C=O) groups excluding carboxylic acids is 1. The molecule has 2 fully saturated rings. The van der Waals surface area contributed by atoms with Crippen LogP contribution in [0.2, 0.25) is 0 Å². The summed E-state index contributed by atoms with van der Waals surface area (Å²) in [4.78, 5) is 23.4. The number of aromatic nitrogens is 2. The summed E-state index contributed by atoms with van der Waals surface area (Å²) >= 11 is 0. The van der Waals surface area contributed by atoms with E-state index in [-0.39, 0.29) is 17.5 Å². The largest absolute Gasteiger partial charge is 0.476 e. The van der Waals surface area contributed by atoms with E-state index in [0.29, 0.717) is 23.2 Å². The fraction of sp³-hybridized carbons (Fsp3) is 0.353. The minimum atomic E-state index is -1.07. The molecular weight excluding hydrogens is 294 g/mol. The summed E-state index contributed by atoms with van der Waals surface area (Å²) in [6.45, 7) is 0. The number of carboxylic acids is 1. The fourth-order valence-corrected chi connectivity index (χ4v) is 3.78. The number of hydrogen-bond donors (Lipinski definition) is 2. The number of benzene rings is 1. The SMILES string of the molecule is O=C(O)c1ccn(-c2ccccc2NC(=O)C2C3CCCC32)n1. The molecule has 2 N–H and O–H groups in total. The standard InChI is InChI=1S/C17H17N3O3/c21-16(15-10-4-3-5-11(10)15)18-12-6-1-2-7-14(12)20-9-8-13(19-20)17(22)23/h1-2,6-11,15H,3-5H2,(H,18,21)(H,22,23). The number of hydrogen-bond acceptors (Lipinski definition) is 3. The second-order valence-corrected chi connectivity index (χ2v) is 6.24. The molecule has 6 heteroatoms. The molecule has 0 bridgehead atoms. The van der Waals surface area contributed by atoms with Crippen molar-refractivity contribution in [1.82, 2.24) is 9.78 Å². The maximum Gasteiger partial charge on any atom is 0.356 e. The number of nitrogens with zero attached hydrogens (tertiary/aromatic N) is 2. The number of aromatic carboxylic acids is 1. The summed E-state index contributed by atoms with van der Waals surface area (Å²) in [5.41, 5.74) is 1.30. The Kier molecular flexibility index (Phi) is 3.18. The molecule has 2 aromatic rings. The number of amides is 1. The first-order valence-electron chi connectivity index (χ1n) is 7.84. The van der Waals surface area contributed by atoms with Crippen molar-refractivity contribution >= 4 is 17.6 Å². The van der Waals surface area contributed by atoms with Crippen LogP contribution in [0.1, 0.15) is 29.8 Å². The average molecular weight is 311 g/mol. The maximum atomic E-state index is 12.5. The molecule has 1 heterocycles. The molecule has 2 aliphatic rings. The Balaban J connectivity index is 1.57. The van der Waals surface area contributed by atoms with Crippen molar-refractivity contribution in [3.05, 3.63) is 42.2 Å². The van der Waals surface area contributed by atoms with Crippen LogP contribution in [-0.2, 0) is 4.79 Å². The van der Waals surface area contributed by atoms with Crippen LogP contribution in [0.15, 0.2) is 36.5 Å². The van der Waals surface area contributed by atoms with Gasteiger partial charge in [-0.1, -0.05) is 18.6 Å². The molecule has 1 amide bonds. The lowest BCUT2D eigenvalue weighted by Crippen LogP contribution is -2.18. The quantitative estimate of drug-likeness (QED) is 0.909. The van der Waals surface area contributed by atoms with Gasteiger partial charge in [0.05, 0.1) is 11.4 Å².